The highest BCUT2D eigenvalue weighted by atomic mass is 32.1. The molecule has 3 rings (SSSR count). The predicted molar refractivity (Wildman–Crippen MR) is 92.9 cm³/mol. The van der Waals surface area contributed by atoms with Gasteiger partial charge in [0.1, 0.15) is 12.1 Å². The lowest BCUT2D eigenvalue weighted by Gasteiger charge is -1.95. The van der Waals surface area contributed by atoms with Gasteiger partial charge in [-0.3, -0.25) is 0 Å². The summed E-state index contributed by atoms with van der Waals surface area (Å²) in [5.74, 6) is 0. The van der Waals surface area contributed by atoms with Crippen molar-refractivity contribution in [3.05, 3.63) is 69.9 Å². The maximum atomic E-state index is 9.38. The number of hydrogen-bond acceptors (Lipinski definition) is 3. The van der Waals surface area contributed by atoms with E-state index in [0.717, 1.165) is 21.1 Å². The summed E-state index contributed by atoms with van der Waals surface area (Å²) in [4.78, 5) is 7.78. The van der Waals surface area contributed by atoms with E-state index >= 15 is 0 Å². The number of nitrogens with one attached hydrogen (secondary N) is 2. The van der Waals surface area contributed by atoms with Crippen molar-refractivity contribution in [3.8, 4) is 12.1 Å². The number of hydrogen-bond donors (Lipinski definition) is 2. The van der Waals surface area contributed by atoms with Gasteiger partial charge >= 0.3 is 0 Å². The molecule has 0 amide bonds. The molecule has 0 saturated heterocycles. The van der Waals surface area contributed by atoms with Crippen molar-refractivity contribution in [2.24, 2.45) is 0 Å². The summed E-state index contributed by atoms with van der Waals surface area (Å²) in [5, 5.41) is 18.8. The molecule has 0 bridgehead atoms. The normalized spacial score (nSPS) is 11.9. The summed E-state index contributed by atoms with van der Waals surface area (Å²) in [6, 6.07) is 15.7. The first kappa shape index (κ1) is 14.6. The van der Waals surface area contributed by atoms with Crippen LogP contribution in [0.3, 0.4) is 0 Å². The van der Waals surface area contributed by atoms with Gasteiger partial charge in [-0.15, -0.1) is 11.3 Å². The summed E-state index contributed by atoms with van der Waals surface area (Å²) >= 11 is 1.43. The summed E-state index contributed by atoms with van der Waals surface area (Å²) in [7, 11) is 0. The molecule has 4 nitrogen and oxygen atoms in total. The second kappa shape index (κ2) is 6.65. The van der Waals surface area contributed by atoms with Gasteiger partial charge in [0.05, 0.1) is 11.1 Å². The number of nitrogens with zero attached hydrogens (tertiary/aromatic N) is 2. The van der Waals surface area contributed by atoms with Crippen LogP contribution in [0, 0.1) is 22.7 Å². The van der Waals surface area contributed by atoms with Crippen molar-refractivity contribution >= 4 is 34.6 Å². The topological polar surface area (TPSA) is 79.2 Å². The number of allylic oxidation sites excluding steroid dienone is 2. The van der Waals surface area contributed by atoms with E-state index in [1.54, 1.807) is 12.2 Å². The molecular weight excluding hydrogens is 304 g/mol. The van der Waals surface area contributed by atoms with Gasteiger partial charge in [-0.1, -0.05) is 0 Å². The molecule has 0 spiro atoms. The number of H-pyrrole nitrogens is 2. The summed E-state index contributed by atoms with van der Waals surface area (Å²) in [6.07, 6.45) is 7.23. The number of aromatic nitrogens is 2. The van der Waals surface area contributed by atoms with Crippen LogP contribution in [0.2, 0.25) is 0 Å². The first-order valence-electron chi connectivity index (χ1n) is 6.91. The highest BCUT2D eigenvalue weighted by Gasteiger charge is 2.09. The van der Waals surface area contributed by atoms with Crippen LogP contribution in [0.15, 0.2) is 48.8 Å². The van der Waals surface area contributed by atoms with Crippen molar-refractivity contribution in [1.82, 2.24) is 9.97 Å². The average Bonchev–Trinajstić information content (AvgIpc) is 3.32. The largest absolute Gasteiger partial charge is 0.362 e. The van der Waals surface area contributed by atoms with E-state index in [0.29, 0.717) is 11.1 Å². The van der Waals surface area contributed by atoms with E-state index in [1.807, 2.05) is 48.8 Å². The van der Waals surface area contributed by atoms with Crippen LogP contribution < -0.4 is 0 Å². The molecule has 0 unspecified atom stereocenters. The molecule has 0 aliphatic rings. The second-order valence-electron chi connectivity index (χ2n) is 4.75. The van der Waals surface area contributed by atoms with Gasteiger partial charge in [0.25, 0.3) is 0 Å². The Labute approximate surface area is 137 Å². The highest BCUT2D eigenvalue weighted by molar-refractivity contribution is 7.14. The van der Waals surface area contributed by atoms with E-state index in [2.05, 4.69) is 22.1 Å². The first-order valence-corrected chi connectivity index (χ1v) is 7.73. The highest BCUT2D eigenvalue weighted by Crippen LogP contribution is 2.30. The minimum atomic E-state index is 0.570. The number of rotatable bonds is 4. The summed E-state index contributed by atoms with van der Waals surface area (Å²) in [5.41, 5.74) is 2.89. The molecule has 110 valence electrons. The molecule has 3 heterocycles. The zero-order valence-corrected chi connectivity index (χ0v) is 12.9. The Bertz CT molecular complexity index is 849. The fourth-order valence-corrected chi connectivity index (χ4v) is 3.06. The Morgan fingerprint density at radius 1 is 0.826 bits per heavy atom. The molecule has 0 aliphatic heterocycles. The number of thiophene rings is 1. The van der Waals surface area contributed by atoms with Crippen LogP contribution in [-0.4, -0.2) is 9.97 Å². The third-order valence-electron chi connectivity index (χ3n) is 3.22. The fraction of sp³-hybridized carbons (Fsp3) is 0. The molecule has 2 N–H and O–H groups in total. The van der Waals surface area contributed by atoms with E-state index in [4.69, 9.17) is 0 Å². The van der Waals surface area contributed by atoms with E-state index in [9.17, 15) is 10.5 Å². The van der Waals surface area contributed by atoms with Crippen molar-refractivity contribution in [3.63, 3.8) is 0 Å². The monoisotopic (exact) mass is 316 g/mol. The van der Waals surface area contributed by atoms with Crippen molar-refractivity contribution in [2.75, 3.05) is 0 Å². The zero-order valence-electron chi connectivity index (χ0n) is 12.1. The minimum absolute atomic E-state index is 0.570. The molecule has 0 fully saturated rings. The Morgan fingerprint density at radius 2 is 1.30 bits per heavy atom. The van der Waals surface area contributed by atoms with Crippen molar-refractivity contribution in [1.29, 1.82) is 10.5 Å². The smallest absolute Gasteiger partial charge is 0.101 e. The number of nitriles is 2. The minimum Gasteiger partial charge on any atom is -0.362 e. The molecule has 5 heteroatoms. The Balaban J connectivity index is 1.94. The Kier molecular flexibility index (Phi) is 4.24. The van der Waals surface area contributed by atoms with Gasteiger partial charge in [0.2, 0.25) is 0 Å². The Hall–Kier alpha value is -3.28. The van der Waals surface area contributed by atoms with Crippen molar-refractivity contribution in [2.45, 2.75) is 0 Å². The van der Waals surface area contributed by atoms with Crippen molar-refractivity contribution < 1.29 is 0 Å². The lowest BCUT2D eigenvalue weighted by Crippen LogP contribution is -1.77. The van der Waals surface area contributed by atoms with E-state index < -0.39 is 0 Å². The molecule has 0 aliphatic carbocycles. The van der Waals surface area contributed by atoms with Gasteiger partial charge in [0.15, 0.2) is 0 Å². The van der Waals surface area contributed by atoms with Crippen LogP contribution in [0.5, 0.6) is 0 Å². The van der Waals surface area contributed by atoms with E-state index in [1.165, 1.54) is 11.3 Å². The third kappa shape index (κ3) is 3.32. The van der Waals surface area contributed by atoms with Gasteiger partial charge in [-0.05, 0) is 48.6 Å². The molecule has 0 saturated carbocycles. The molecule has 23 heavy (non-hydrogen) atoms. The molecule has 0 radical (unpaired) electrons. The zero-order chi connectivity index (χ0) is 16.1. The standard InChI is InChI=1S/C18H12N4S/c19-11-13(9-15-3-1-7-21-15)17-5-6-18(23-17)14(12-20)10-16-4-2-8-22-16/h1-10,21-22H/b13-9+,14-10+. The van der Waals surface area contributed by atoms with Crippen LogP contribution >= 0.6 is 11.3 Å². The van der Waals surface area contributed by atoms with E-state index in [-0.39, 0.29) is 0 Å². The molecular formula is C18H12N4S. The quantitative estimate of drug-likeness (QED) is 0.693. The molecule has 3 aromatic heterocycles. The van der Waals surface area contributed by atoms with Crippen LogP contribution in [-0.2, 0) is 0 Å². The molecule has 3 aromatic rings. The maximum Gasteiger partial charge on any atom is 0.101 e. The Morgan fingerprint density at radius 3 is 1.65 bits per heavy atom. The summed E-state index contributed by atoms with van der Waals surface area (Å²) < 4.78 is 0. The second-order valence-corrected chi connectivity index (χ2v) is 5.84. The predicted octanol–water partition coefficient (Wildman–Crippen LogP) is 4.53. The van der Waals surface area contributed by atoms with Gasteiger partial charge < -0.3 is 9.97 Å². The molecule has 0 aromatic carbocycles. The van der Waals surface area contributed by atoms with Crippen LogP contribution in [0.4, 0.5) is 0 Å². The number of aromatic amines is 2. The fourth-order valence-electron chi connectivity index (χ4n) is 2.12. The molecule has 0 atom stereocenters. The average molecular weight is 316 g/mol. The lowest BCUT2D eigenvalue weighted by molar-refractivity contribution is 1.38. The third-order valence-corrected chi connectivity index (χ3v) is 4.37. The van der Waals surface area contributed by atoms with Gasteiger partial charge in [-0.25, -0.2) is 0 Å². The maximum absolute atomic E-state index is 9.38. The lowest BCUT2D eigenvalue weighted by atomic mass is 10.2. The van der Waals surface area contributed by atoms with Crippen LogP contribution in [0.1, 0.15) is 21.1 Å². The first-order chi connectivity index (χ1) is 11.3. The summed E-state index contributed by atoms with van der Waals surface area (Å²) in [6.45, 7) is 0. The van der Waals surface area contributed by atoms with Crippen LogP contribution in [0.25, 0.3) is 23.3 Å². The van der Waals surface area contributed by atoms with Gasteiger partial charge in [-0.2, -0.15) is 10.5 Å². The van der Waals surface area contributed by atoms with Gasteiger partial charge in [0, 0.05) is 33.5 Å². The SMILES string of the molecule is N#C/C(=C\c1ccc[nH]1)c1ccc(/C(C#N)=C/c2ccc[nH]2)s1.